The number of rotatable bonds is 8. The maximum Gasteiger partial charge on any atom is -0.0355 e. The molecule has 0 aliphatic heterocycles. The Morgan fingerprint density at radius 3 is 1.42 bits per heavy atom. The highest BCUT2D eigenvalue weighted by Gasteiger charge is 2.44. The summed E-state index contributed by atoms with van der Waals surface area (Å²) in [7, 11) is 0. The minimum absolute atomic E-state index is 1.10. The minimum Gasteiger partial charge on any atom is -0.0654 e. The molecule has 3 fully saturated rings. The molecular formula is C24H44. The highest BCUT2D eigenvalue weighted by molar-refractivity contribution is 4.94. The van der Waals surface area contributed by atoms with Gasteiger partial charge in [0.15, 0.2) is 0 Å². The molecule has 0 N–H and O–H groups in total. The standard InChI is InChI=1S/C24H44/c1-3-5-7-9-19-11-15-23-21(17-19)13-14-22-18-20(10-8-6-4-2)12-16-24(22)23/h19-24H,3-18H2,1-2H3/t19-,20-,21?,22?,23?,24?/m1/s1. The monoisotopic (exact) mass is 332 g/mol. The fourth-order valence-electron chi connectivity index (χ4n) is 6.88. The Labute approximate surface area is 152 Å². The first kappa shape index (κ1) is 18.8. The van der Waals surface area contributed by atoms with E-state index in [2.05, 4.69) is 13.8 Å². The zero-order chi connectivity index (χ0) is 16.8. The molecule has 3 rings (SSSR count). The van der Waals surface area contributed by atoms with Crippen LogP contribution in [0.2, 0.25) is 0 Å². The molecule has 0 amide bonds. The Kier molecular flexibility index (Phi) is 7.54. The van der Waals surface area contributed by atoms with Crippen LogP contribution in [-0.4, -0.2) is 0 Å². The number of hydrogen-bond acceptors (Lipinski definition) is 0. The van der Waals surface area contributed by atoms with Crippen LogP contribution in [0.4, 0.5) is 0 Å². The quantitative estimate of drug-likeness (QED) is 0.395. The van der Waals surface area contributed by atoms with Crippen molar-refractivity contribution in [3.05, 3.63) is 0 Å². The van der Waals surface area contributed by atoms with Gasteiger partial charge in [-0.25, -0.2) is 0 Å². The van der Waals surface area contributed by atoms with Gasteiger partial charge >= 0.3 is 0 Å². The molecule has 0 aromatic carbocycles. The number of fused-ring (bicyclic) bond motifs is 3. The third kappa shape index (κ3) is 4.79. The fourth-order valence-corrected chi connectivity index (χ4v) is 6.88. The highest BCUT2D eigenvalue weighted by atomic mass is 14.5. The van der Waals surface area contributed by atoms with Gasteiger partial charge < -0.3 is 0 Å². The van der Waals surface area contributed by atoms with Crippen LogP contribution in [0.5, 0.6) is 0 Å². The first-order chi connectivity index (χ1) is 11.8. The molecule has 3 saturated carbocycles. The van der Waals surface area contributed by atoms with Crippen molar-refractivity contribution >= 4 is 0 Å². The molecule has 0 heteroatoms. The Morgan fingerprint density at radius 2 is 1.00 bits per heavy atom. The molecule has 6 atom stereocenters. The first-order valence-electron chi connectivity index (χ1n) is 11.8. The van der Waals surface area contributed by atoms with Crippen molar-refractivity contribution in [3.8, 4) is 0 Å². The van der Waals surface area contributed by atoms with Crippen LogP contribution in [0, 0.1) is 35.5 Å². The number of unbranched alkanes of at least 4 members (excludes halogenated alkanes) is 4. The lowest BCUT2D eigenvalue weighted by molar-refractivity contribution is -0.00458. The van der Waals surface area contributed by atoms with E-state index in [4.69, 9.17) is 0 Å². The van der Waals surface area contributed by atoms with E-state index in [1.807, 2.05) is 0 Å². The van der Waals surface area contributed by atoms with E-state index < -0.39 is 0 Å². The van der Waals surface area contributed by atoms with Gasteiger partial charge in [-0.1, -0.05) is 78.1 Å². The summed E-state index contributed by atoms with van der Waals surface area (Å²) in [5.74, 6) is 6.73. The van der Waals surface area contributed by atoms with Gasteiger partial charge in [0.05, 0.1) is 0 Å². The first-order valence-corrected chi connectivity index (χ1v) is 11.8. The van der Waals surface area contributed by atoms with Crippen LogP contribution >= 0.6 is 0 Å². The largest absolute Gasteiger partial charge is 0.0654 e. The van der Waals surface area contributed by atoms with Crippen molar-refractivity contribution in [1.29, 1.82) is 0 Å². The zero-order valence-corrected chi connectivity index (χ0v) is 16.8. The van der Waals surface area contributed by atoms with Crippen LogP contribution < -0.4 is 0 Å². The Bertz CT molecular complexity index is 312. The predicted molar refractivity (Wildman–Crippen MR) is 106 cm³/mol. The molecule has 0 nitrogen and oxygen atoms in total. The Morgan fingerprint density at radius 1 is 0.542 bits per heavy atom. The van der Waals surface area contributed by atoms with Gasteiger partial charge in [-0.3, -0.25) is 0 Å². The summed E-state index contributed by atoms with van der Waals surface area (Å²) in [4.78, 5) is 0. The minimum atomic E-state index is 1.10. The molecule has 0 radical (unpaired) electrons. The van der Waals surface area contributed by atoms with Crippen molar-refractivity contribution in [2.75, 3.05) is 0 Å². The lowest BCUT2D eigenvalue weighted by atomic mass is 9.55. The van der Waals surface area contributed by atoms with E-state index in [0.29, 0.717) is 0 Å². The summed E-state index contributed by atoms with van der Waals surface area (Å²) < 4.78 is 0. The maximum absolute atomic E-state index is 2.34. The topological polar surface area (TPSA) is 0 Å². The average molecular weight is 333 g/mol. The second-order valence-electron chi connectivity index (χ2n) is 9.77. The van der Waals surface area contributed by atoms with E-state index in [9.17, 15) is 0 Å². The lowest BCUT2D eigenvalue weighted by Crippen LogP contribution is -2.41. The van der Waals surface area contributed by atoms with Crippen LogP contribution in [0.25, 0.3) is 0 Å². The van der Waals surface area contributed by atoms with Crippen molar-refractivity contribution in [3.63, 3.8) is 0 Å². The molecule has 140 valence electrons. The molecular weight excluding hydrogens is 288 g/mol. The molecule has 24 heavy (non-hydrogen) atoms. The van der Waals surface area contributed by atoms with Gasteiger partial charge in [0.25, 0.3) is 0 Å². The van der Waals surface area contributed by atoms with E-state index in [1.54, 1.807) is 64.2 Å². The zero-order valence-electron chi connectivity index (χ0n) is 16.8. The Balaban J connectivity index is 1.45. The van der Waals surface area contributed by atoms with Gasteiger partial charge in [0.1, 0.15) is 0 Å². The van der Waals surface area contributed by atoms with Crippen LogP contribution in [0.3, 0.4) is 0 Å². The van der Waals surface area contributed by atoms with Crippen molar-refractivity contribution in [2.24, 2.45) is 35.5 Å². The summed E-state index contributed by atoms with van der Waals surface area (Å²) in [6.45, 7) is 4.69. The molecule has 3 aliphatic rings. The molecule has 0 heterocycles. The van der Waals surface area contributed by atoms with Gasteiger partial charge in [-0.15, -0.1) is 0 Å². The smallest absolute Gasteiger partial charge is 0.0355 e. The molecule has 0 bridgehead atoms. The summed E-state index contributed by atoms with van der Waals surface area (Å²) in [5.41, 5.74) is 0. The van der Waals surface area contributed by atoms with Crippen molar-refractivity contribution in [2.45, 2.75) is 117 Å². The summed E-state index contributed by atoms with van der Waals surface area (Å²) >= 11 is 0. The summed E-state index contributed by atoms with van der Waals surface area (Å²) in [6, 6.07) is 0. The third-order valence-corrected chi connectivity index (χ3v) is 8.19. The fraction of sp³-hybridized carbons (Fsp3) is 1.00. The normalized spacial score (nSPS) is 39.2. The van der Waals surface area contributed by atoms with E-state index in [-0.39, 0.29) is 0 Å². The van der Waals surface area contributed by atoms with E-state index in [0.717, 1.165) is 35.5 Å². The van der Waals surface area contributed by atoms with Crippen LogP contribution in [0.1, 0.15) is 117 Å². The number of hydrogen-bond donors (Lipinski definition) is 0. The molecule has 0 aromatic rings. The molecule has 0 saturated heterocycles. The highest BCUT2D eigenvalue weighted by Crippen LogP contribution is 2.54. The van der Waals surface area contributed by atoms with Crippen LogP contribution in [0.15, 0.2) is 0 Å². The summed E-state index contributed by atoms with van der Waals surface area (Å²) in [6.07, 6.45) is 24.6. The second-order valence-corrected chi connectivity index (χ2v) is 9.77. The van der Waals surface area contributed by atoms with Crippen molar-refractivity contribution < 1.29 is 0 Å². The second kappa shape index (κ2) is 9.63. The SMILES string of the molecule is CCCCC[C@@H]1CCC2C(CCC3C[C@H](CCCCC)CCC32)C1. The average Bonchev–Trinajstić information content (AvgIpc) is 2.62. The molecule has 3 aliphatic carbocycles. The molecule has 0 spiro atoms. The summed E-state index contributed by atoms with van der Waals surface area (Å²) in [5, 5.41) is 0. The molecule has 0 aromatic heterocycles. The van der Waals surface area contributed by atoms with Crippen LogP contribution in [-0.2, 0) is 0 Å². The van der Waals surface area contributed by atoms with Gasteiger partial charge in [-0.2, -0.15) is 0 Å². The maximum atomic E-state index is 2.34. The predicted octanol–water partition coefficient (Wildman–Crippen LogP) is 8.01. The lowest BCUT2D eigenvalue weighted by Gasteiger charge is -2.51. The van der Waals surface area contributed by atoms with E-state index in [1.165, 1.54) is 38.5 Å². The third-order valence-electron chi connectivity index (χ3n) is 8.19. The van der Waals surface area contributed by atoms with Gasteiger partial charge in [0.2, 0.25) is 0 Å². The molecule has 4 unspecified atom stereocenters. The van der Waals surface area contributed by atoms with Gasteiger partial charge in [-0.05, 0) is 74.0 Å². The van der Waals surface area contributed by atoms with Crippen molar-refractivity contribution in [1.82, 2.24) is 0 Å². The van der Waals surface area contributed by atoms with Gasteiger partial charge in [0, 0.05) is 0 Å². The van der Waals surface area contributed by atoms with E-state index >= 15 is 0 Å². The Hall–Kier alpha value is 0.